The Morgan fingerprint density at radius 1 is 1.03 bits per heavy atom. The minimum Gasteiger partial charge on any atom is -0.508 e. The lowest BCUT2D eigenvalue weighted by Crippen LogP contribution is -2.54. The lowest BCUT2D eigenvalue weighted by Gasteiger charge is -2.39. The first-order chi connectivity index (χ1) is 14.3. The summed E-state index contributed by atoms with van der Waals surface area (Å²) in [7, 11) is 1.67. The first kappa shape index (κ1) is 21.6. The van der Waals surface area contributed by atoms with E-state index in [-0.39, 0.29) is 30.2 Å². The highest BCUT2D eigenvalue weighted by molar-refractivity contribution is 5.95. The largest absolute Gasteiger partial charge is 0.508 e. The van der Waals surface area contributed by atoms with Crippen molar-refractivity contribution in [2.24, 2.45) is 0 Å². The molecule has 2 aromatic carbocycles. The lowest BCUT2D eigenvalue weighted by molar-refractivity contribution is -0.137. The summed E-state index contributed by atoms with van der Waals surface area (Å²) in [6.45, 7) is 7.04. The Kier molecular flexibility index (Phi) is 6.95. The van der Waals surface area contributed by atoms with Gasteiger partial charge in [-0.3, -0.25) is 14.5 Å². The summed E-state index contributed by atoms with van der Waals surface area (Å²) in [6.07, 6.45) is 0. The highest BCUT2D eigenvalue weighted by Gasteiger charge is 2.28. The molecule has 1 heterocycles. The third-order valence-electron chi connectivity index (χ3n) is 5.53. The minimum absolute atomic E-state index is 0.0184. The average molecular weight is 411 g/mol. The molecule has 3 rings (SSSR count). The van der Waals surface area contributed by atoms with Crippen LogP contribution in [0.15, 0.2) is 48.5 Å². The number of aryl methyl sites for hydroxylation is 1. The number of nitrogens with one attached hydrogen (secondary N) is 1. The van der Waals surface area contributed by atoms with Crippen molar-refractivity contribution in [2.75, 3.05) is 50.0 Å². The number of anilines is 2. The van der Waals surface area contributed by atoms with Crippen LogP contribution in [0.3, 0.4) is 0 Å². The van der Waals surface area contributed by atoms with Gasteiger partial charge < -0.3 is 20.2 Å². The van der Waals surface area contributed by atoms with Gasteiger partial charge in [0.25, 0.3) is 0 Å². The quantitative estimate of drug-likeness (QED) is 0.764. The first-order valence-corrected chi connectivity index (χ1v) is 10.2. The maximum absolute atomic E-state index is 12.8. The second kappa shape index (κ2) is 9.63. The number of aromatic hydroxyl groups is 1. The van der Waals surface area contributed by atoms with Crippen molar-refractivity contribution in [1.29, 1.82) is 0 Å². The van der Waals surface area contributed by atoms with Crippen LogP contribution >= 0.6 is 0 Å². The lowest BCUT2D eigenvalue weighted by atomic mass is 10.2. The van der Waals surface area contributed by atoms with E-state index in [1.54, 1.807) is 19.2 Å². The van der Waals surface area contributed by atoms with Crippen LogP contribution in [0.1, 0.15) is 12.5 Å². The van der Waals surface area contributed by atoms with Crippen LogP contribution in [0.2, 0.25) is 0 Å². The summed E-state index contributed by atoms with van der Waals surface area (Å²) in [4.78, 5) is 31.0. The molecule has 1 saturated heterocycles. The van der Waals surface area contributed by atoms with Gasteiger partial charge in [0.15, 0.2) is 0 Å². The SMILES string of the molecule is Cc1ccc(NC(=O)CN(C)C(=O)[C@@H](C)N2CCN(c3ccc(O)cc3)CC2)cc1. The number of carbonyl (C=O) groups is 2. The highest BCUT2D eigenvalue weighted by atomic mass is 16.3. The van der Waals surface area contributed by atoms with E-state index in [1.807, 2.05) is 50.2 Å². The van der Waals surface area contributed by atoms with Crippen LogP contribution in [-0.4, -0.2) is 72.5 Å². The molecule has 0 bridgehead atoms. The summed E-state index contributed by atoms with van der Waals surface area (Å²) in [6, 6.07) is 14.5. The molecule has 30 heavy (non-hydrogen) atoms. The second-order valence-electron chi connectivity index (χ2n) is 7.82. The third kappa shape index (κ3) is 5.51. The average Bonchev–Trinajstić information content (AvgIpc) is 2.75. The molecule has 2 amide bonds. The highest BCUT2D eigenvalue weighted by Crippen LogP contribution is 2.20. The number of amides is 2. The van der Waals surface area contributed by atoms with E-state index in [9.17, 15) is 14.7 Å². The molecular weight excluding hydrogens is 380 g/mol. The van der Waals surface area contributed by atoms with Crippen LogP contribution in [-0.2, 0) is 9.59 Å². The standard InChI is InChI=1S/C23H30N4O3/c1-17-4-6-19(7-5-17)24-22(29)16-25(3)23(30)18(2)26-12-14-27(15-13-26)20-8-10-21(28)11-9-20/h4-11,18,28H,12-16H2,1-3H3,(H,24,29)/t18-/m1/s1. The van der Waals surface area contributed by atoms with Crippen molar-refractivity contribution >= 4 is 23.2 Å². The molecular formula is C23H30N4O3. The van der Waals surface area contributed by atoms with E-state index in [4.69, 9.17) is 0 Å². The van der Waals surface area contributed by atoms with E-state index in [0.29, 0.717) is 0 Å². The molecule has 7 nitrogen and oxygen atoms in total. The third-order valence-corrected chi connectivity index (χ3v) is 5.53. The number of phenols is 1. The molecule has 2 N–H and O–H groups in total. The Hall–Kier alpha value is -3.06. The number of piperazine rings is 1. The Morgan fingerprint density at radius 3 is 2.23 bits per heavy atom. The van der Waals surface area contributed by atoms with Gasteiger partial charge >= 0.3 is 0 Å². The van der Waals surface area contributed by atoms with E-state index < -0.39 is 0 Å². The Labute approximate surface area is 177 Å². The molecule has 1 fully saturated rings. The Morgan fingerprint density at radius 2 is 1.63 bits per heavy atom. The van der Waals surface area contributed by atoms with Gasteiger partial charge in [-0.2, -0.15) is 0 Å². The summed E-state index contributed by atoms with van der Waals surface area (Å²) >= 11 is 0. The predicted octanol–water partition coefficient (Wildman–Crippen LogP) is 2.31. The van der Waals surface area contributed by atoms with Gasteiger partial charge in [0.1, 0.15) is 5.75 Å². The second-order valence-corrected chi connectivity index (χ2v) is 7.82. The molecule has 1 aliphatic rings. The van der Waals surface area contributed by atoms with E-state index in [0.717, 1.165) is 43.1 Å². The van der Waals surface area contributed by atoms with Crippen molar-refractivity contribution in [1.82, 2.24) is 9.80 Å². The number of nitrogens with zero attached hydrogens (tertiary/aromatic N) is 3. The Balaban J connectivity index is 1.48. The van der Waals surface area contributed by atoms with Crippen LogP contribution in [0.4, 0.5) is 11.4 Å². The monoisotopic (exact) mass is 410 g/mol. The topological polar surface area (TPSA) is 76.1 Å². The fourth-order valence-corrected chi connectivity index (χ4v) is 3.64. The molecule has 1 aliphatic heterocycles. The number of hydrogen-bond donors (Lipinski definition) is 2. The number of rotatable bonds is 6. The van der Waals surface area contributed by atoms with Crippen LogP contribution in [0, 0.1) is 6.92 Å². The summed E-state index contributed by atoms with van der Waals surface area (Å²) in [5.41, 5.74) is 2.92. The number of phenolic OH excluding ortho intramolecular Hbond substituents is 1. The van der Waals surface area contributed by atoms with Crippen molar-refractivity contribution < 1.29 is 14.7 Å². The molecule has 0 radical (unpaired) electrons. The Bertz CT molecular complexity index is 859. The van der Waals surface area contributed by atoms with Crippen molar-refractivity contribution in [2.45, 2.75) is 19.9 Å². The van der Waals surface area contributed by atoms with Crippen molar-refractivity contribution in [3.05, 3.63) is 54.1 Å². The van der Waals surface area contributed by atoms with Gasteiger partial charge in [0.2, 0.25) is 11.8 Å². The summed E-state index contributed by atoms with van der Waals surface area (Å²) in [5.74, 6) is -0.0164. The van der Waals surface area contributed by atoms with Crippen LogP contribution in [0.25, 0.3) is 0 Å². The number of likely N-dealkylation sites (N-methyl/N-ethyl adjacent to an activating group) is 1. The van der Waals surface area contributed by atoms with Gasteiger partial charge in [-0.1, -0.05) is 17.7 Å². The maximum Gasteiger partial charge on any atom is 0.243 e. The predicted molar refractivity (Wildman–Crippen MR) is 119 cm³/mol. The zero-order valence-electron chi connectivity index (χ0n) is 17.8. The smallest absolute Gasteiger partial charge is 0.243 e. The normalized spacial score (nSPS) is 15.5. The molecule has 0 aliphatic carbocycles. The van der Waals surface area contributed by atoms with Gasteiger partial charge in [0, 0.05) is 44.6 Å². The van der Waals surface area contributed by atoms with Crippen molar-refractivity contribution in [3.63, 3.8) is 0 Å². The molecule has 7 heteroatoms. The first-order valence-electron chi connectivity index (χ1n) is 10.2. The van der Waals surface area contributed by atoms with Crippen LogP contribution in [0.5, 0.6) is 5.75 Å². The fourth-order valence-electron chi connectivity index (χ4n) is 3.64. The van der Waals surface area contributed by atoms with Gasteiger partial charge in [-0.15, -0.1) is 0 Å². The summed E-state index contributed by atoms with van der Waals surface area (Å²) < 4.78 is 0. The number of benzene rings is 2. The van der Waals surface area contributed by atoms with Crippen LogP contribution < -0.4 is 10.2 Å². The maximum atomic E-state index is 12.8. The van der Waals surface area contributed by atoms with E-state index >= 15 is 0 Å². The van der Waals surface area contributed by atoms with E-state index in [2.05, 4.69) is 15.1 Å². The molecule has 0 saturated carbocycles. The summed E-state index contributed by atoms with van der Waals surface area (Å²) in [5, 5.41) is 12.3. The molecule has 1 atom stereocenters. The van der Waals surface area contributed by atoms with Gasteiger partial charge in [-0.05, 0) is 50.2 Å². The molecule has 0 aromatic heterocycles. The van der Waals surface area contributed by atoms with Gasteiger partial charge in [0.05, 0.1) is 12.6 Å². The van der Waals surface area contributed by atoms with Crippen molar-refractivity contribution in [3.8, 4) is 5.75 Å². The van der Waals surface area contributed by atoms with E-state index in [1.165, 1.54) is 4.90 Å². The molecule has 2 aromatic rings. The zero-order valence-corrected chi connectivity index (χ0v) is 17.8. The zero-order chi connectivity index (χ0) is 21.7. The number of carbonyl (C=O) groups excluding carboxylic acids is 2. The molecule has 160 valence electrons. The minimum atomic E-state index is -0.288. The number of hydrogen-bond acceptors (Lipinski definition) is 5. The molecule has 0 unspecified atom stereocenters. The fraction of sp³-hybridized carbons (Fsp3) is 0.391. The van der Waals surface area contributed by atoms with Gasteiger partial charge in [-0.25, -0.2) is 0 Å². The molecule has 0 spiro atoms.